The maximum absolute atomic E-state index is 12.7. The number of aromatic nitrogens is 1. The normalized spacial score (nSPS) is 29.1. The number of carbonyl (C=O) groups excluding carboxylic acids is 1. The number of thiophene rings is 1. The van der Waals surface area contributed by atoms with Crippen LogP contribution in [0.3, 0.4) is 0 Å². The number of rotatable bonds is 2. The standard InChI is InChI=1S/C14H15N3O2S/c1-9-8-12(15-19-9)17-13(11-5-3-7-20-11)16-6-2-4-10(16)14(17)18/h3,5,7-8,10,13H,2,4,6H2,1H3/p+1. The molecular formula is C14H16N3O2S+. The number of hydrogen-bond donors (Lipinski definition) is 1. The first-order valence-electron chi connectivity index (χ1n) is 6.91. The predicted molar refractivity (Wildman–Crippen MR) is 74.6 cm³/mol. The Bertz CT molecular complexity index is 637. The molecule has 4 rings (SSSR count). The Balaban J connectivity index is 1.80. The smallest absolute Gasteiger partial charge is 0.291 e. The van der Waals surface area contributed by atoms with Crippen LogP contribution in [0, 0.1) is 6.92 Å². The maximum Gasteiger partial charge on any atom is 0.291 e. The van der Waals surface area contributed by atoms with Crippen molar-refractivity contribution in [2.75, 3.05) is 11.4 Å². The summed E-state index contributed by atoms with van der Waals surface area (Å²) in [6.07, 6.45) is 2.15. The number of nitrogens with one attached hydrogen (secondary N) is 1. The molecule has 104 valence electrons. The Kier molecular flexibility index (Phi) is 2.68. The molecule has 0 aliphatic carbocycles. The molecule has 2 aromatic rings. The second kappa shape index (κ2) is 4.43. The van der Waals surface area contributed by atoms with Gasteiger partial charge in [-0.3, -0.25) is 4.79 Å². The molecule has 1 N–H and O–H groups in total. The first-order chi connectivity index (χ1) is 9.75. The fourth-order valence-corrected chi connectivity index (χ4v) is 4.27. The zero-order chi connectivity index (χ0) is 13.7. The average Bonchev–Trinajstić information content (AvgIpc) is 3.16. The molecule has 3 unspecified atom stereocenters. The number of fused-ring (bicyclic) bond motifs is 1. The lowest BCUT2D eigenvalue weighted by atomic mass is 10.2. The van der Waals surface area contributed by atoms with Gasteiger partial charge in [-0.15, -0.1) is 11.3 Å². The molecule has 4 heterocycles. The maximum atomic E-state index is 12.7. The molecule has 2 aliphatic rings. The molecule has 6 heteroatoms. The molecule has 0 bridgehead atoms. The van der Waals surface area contributed by atoms with E-state index in [-0.39, 0.29) is 18.1 Å². The predicted octanol–water partition coefficient (Wildman–Crippen LogP) is 1.14. The van der Waals surface area contributed by atoms with Crippen LogP contribution in [0.15, 0.2) is 28.1 Å². The van der Waals surface area contributed by atoms with E-state index in [1.807, 2.05) is 24.0 Å². The summed E-state index contributed by atoms with van der Waals surface area (Å²) in [4.78, 5) is 17.1. The van der Waals surface area contributed by atoms with Gasteiger partial charge in [0.05, 0.1) is 11.4 Å². The number of anilines is 1. The van der Waals surface area contributed by atoms with E-state index in [4.69, 9.17) is 4.52 Å². The lowest BCUT2D eigenvalue weighted by Crippen LogP contribution is -3.12. The van der Waals surface area contributed by atoms with Crippen molar-refractivity contribution in [2.45, 2.75) is 32.0 Å². The van der Waals surface area contributed by atoms with E-state index >= 15 is 0 Å². The van der Waals surface area contributed by atoms with Crippen molar-refractivity contribution in [1.82, 2.24) is 5.16 Å². The second-order valence-corrected chi connectivity index (χ2v) is 6.42. The fraction of sp³-hybridized carbons (Fsp3) is 0.429. The van der Waals surface area contributed by atoms with Gasteiger partial charge in [0.15, 0.2) is 11.9 Å². The molecule has 1 amide bonds. The van der Waals surface area contributed by atoms with E-state index in [0.717, 1.165) is 25.1 Å². The van der Waals surface area contributed by atoms with E-state index in [1.165, 1.54) is 9.78 Å². The minimum absolute atomic E-state index is 0.0551. The highest BCUT2D eigenvalue weighted by Gasteiger charge is 2.54. The van der Waals surface area contributed by atoms with Crippen molar-refractivity contribution in [2.24, 2.45) is 0 Å². The van der Waals surface area contributed by atoms with Crippen molar-refractivity contribution in [3.63, 3.8) is 0 Å². The largest absolute Gasteiger partial charge is 0.360 e. The summed E-state index contributed by atoms with van der Waals surface area (Å²) in [7, 11) is 0. The molecule has 5 nitrogen and oxygen atoms in total. The van der Waals surface area contributed by atoms with Gasteiger partial charge in [0.1, 0.15) is 5.76 Å². The third-order valence-corrected chi connectivity index (χ3v) is 5.15. The van der Waals surface area contributed by atoms with Crippen molar-refractivity contribution < 1.29 is 14.2 Å². The zero-order valence-corrected chi connectivity index (χ0v) is 12.0. The summed E-state index contributed by atoms with van der Waals surface area (Å²) < 4.78 is 5.16. The van der Waals surface area contributed by atoms with Gasteiger partial charge in [-0.25, -0.2) is 4.90 Å². The molecule has 2 aromatic heterocycles. The lowest BCUT2D eigenvalue weighted by Gasteiger charge is -2.23. The Morgan fingerprint density at radius 2 is 2.45 bits per heavy atom. The lowest BCUT2D eigenvalue weighted by molar-refractivity contribution is -0.924. The summed E-state index contributed by atoms with van der Waals surface area (Å²) in [5.74, 6) is 1.57. The quantitative estimate of drug-likeness (QED) is 0.902. The first kappa shape index (κ1) is 12.1. The van der Waals surface area contributed by atoms with Crippen LogP contribution in [-0.4, -0.2) is 23.7 Å². The van der Waals surface area contributed by atoms with Gasteiger partial charge >= 0.3 is 0 Å². The van der Waals surface area contributed by atoms with Crippen LogP contribution in [0.2, 0.25) is 0 Å². The Labute approximate surface area is 120 Å². The van der Waals surface area contributed by atoms with Crippen LogP contribution in [0.4, 0.5) is 5.82 Å². The third-order valence-electron chi connectivity index (χ3n) is 4.23. The van der Waals surface area contributed by atoms with E-state index in [0.29, 0.717) is 5.82 Å². The number of amides is 1. The number of hydrogen-bond acceptors (Lipinski definition) is 4. The number of aryl methyl sites for hydroxylation is 1. The number of nitrogens with zero attached hydrogens (tertiary/aromatic N) is 2. The summed E-state index contributed by atoms with van der Waals surface area (Å²) in [6, 6.07) is 6.08. The van der Waals surface area contributed by atoms with Gasteiger partial charge in [-0.2, -0.15) is 0 Å². The Morgan fingerprint density at radius 3 is 3.15 bits per heavy atom. The van der Waals surface area contributed by atoms with Gasteiger partial charge in [-0.1, -0.05) is 11.2 Å². The second-order valence-electron chi connectivity index (χ2n) is 5.44. The van der Waals surface area contributed by atoms with Crippen molar-refractivity contribution in [3.8, 4) is 0 Å². The highest BCUT2D eigenvalue weighted by Crippen LogP contribution is 2.32. The summed E-state index contributed by atoms with van der Waals surface area (Å²) in [6.45, 7) is 2.90. The topological polar surface area (TPSA) is 50.8 Å². The van der Waals surface area contributed by atoms with Crippen molar-refractivity contribution in [1.29, 1.82) is 0 Å². The van der Waals surface area contributed by atoms with Crippen LogP contribution in [0.25, 0.3) is 0 Å². The molecule has 2 saturated heterocycles. The zero-order valence-electron chi connectivity index (χ0n) is 11.2. The molecule has 0 radical (unpaired) electrons. The molecule has 0 aromatic carbocycles. The van der Waals surface area contributed by atoms with E-state index < -0.39 is 0 Å². The molecule has 2 aliphatic heterocycles. The summed E-state index contributed by atoms with van der Waals surface area (Å²) in [5.41, 5.74) is 0. The number of quaternary nitrogens is 1. The van der Waals surface area contributed by atoms with Crippen molar-refractivity contribution >= 4 is 23.1 Å². The van der Waals surface area contributed by atoms with E-state index in [9.17, 15) is 4.79 Å². The van der Waals surface area contributed by atoms with E-state index in [1.54, 1.807) is 11.3 Å². The van der Waals surface area contributed by atoms with Crippen molar-refractivity contribution in [3.05, 3.63) is 34.2 Å². The average molecular weight is 290 g/mol. The van der Waals surface area contributed by atoms with Gasteiger partial charge < -0.3 is 9.42 Å². The Hall–Kier alpha value is -1.66. The molecule has 3 atom stereocenters. The minimum atomic E-state index is 0.0551. The monoisotopic (exact) mass is 290 g/mol. The van der Waals surface area contributed by atoms with E-state index in [2.05, 4.69) is 16.6 Å². The summed E-state index contributed by atoms with van der Waals surface area (Å²) >= 11 is 1.70. The number of carbonyl (C=O) groups is 1. The van der Waals surface area contributed by atoms with Gasteiger partial charge in [0.2, 0.25) is 6.17 Å². The first-order valence-corrected chi connectivity index (χ1v) is 7.79. The highest BCUT2D eigenvalue weighted by atomic mass is 32.1. The molecule has 2 fully saturated rings. The molecular weight excluding hydrogens is 274 g/mol. The Morgan fingerprint density at radius 1 is 1.55 bits per heavy atom. The summed E-state index contributed by atoms with van der Waals surface area (Å²) in [5, 5.41) is 6.12. The highest BCUT2D eigenvalue weighted by molar-refractivity contribution is 7.10. The SMILES string of the molecule is Cc1cc(N2C(=O)C3CCC[NH+]3C2c2cccs2)no1. The fourth-order valence-electron chi connectivity index (χ4n) is 3.41. The minimum Gasteiger partial charge on any atom is -0.360 e. The van der Waals surface area contributed by atoms with Crippen LogP contribution < -0.4 is 9.80 Å². The third kappa shape index (κ3) is 1.65. The molecule has 0 saturated carbocycles. The van der Waals surface area contributed by atoms with Gasteiger partial charge in [0.25, 0.3) is 5.91 Å². The molecule has 0 spiro atoms. The van der Waals surface area contributed by atoms with Crippen LogP contribution in [0.5, 0.6) is 0 Å². The van der Waals surface area contributed by atoms with Crippen LogP contribution >= 0.6 is 11.3 Å². The van der Waals surface area contributed by atoms with Crippen LogP contribution in [-0.2, 0) is 4.79 Å². The molecule has 20 heavy (non-hydrogen) atoms. The van der Waals surface area contributed by atoms with Gasteiger partial charge in [0, 0.05) is 18.9 Å². The van der Waals surface area contributed by atoms with Gasteiger partial charge in [-0.05, 0) is 18.4 Å². The van der Waals surface area contributed by atoms with Crippen LogP contribution in [0.1, 0.15) is 29.6 Å².